The highest BCUT2D eigenvalue weighted by molar-refractivity contribution is 5.70. The van der Waals surface area contributed by atoms with E-state index in [4.69, 9.17) is 9.84 Å². The van der Waals surface area contributed by atoms with Gasteiger partial charge in [-0.25, -0.2) is 4.79 Å². The van der Waals surface area contributed by atoms with Crippen LogP contribution < -0.4 is 0 Å². The van der Waals surface area contributed by atoms with Gasteiger partial charge in [0.25, 0.3) is 0 Å². The van der Waals surface area contributed by atoms with E-state index in [1.54, 1.807) is 0 Å². The second kappa shape index (κ2) is 6.41. The molecule has 3 atom stereocenters. The third-order valence-corrected chi connectivity index (χ3v) is 2.83. The number of aliphatic hydroxyl groups is 2. The predicted octanol–water partition coefficient (Wildman–Crippen LogP) is -1.29. The van der Waals surface area contributed by atoms with Crippen molar-refractivity contribution in [3.05, 3.63) is 12.0 Å². The minimum Gasteiger partial charge on any atom is -0.452 e. The van der Waals surface area contributed by atoms with Gasteiger partial charge in [0.2, 0.25) is 0 Å². The molecule has 0 aromatic carbocycles. The number of amides is 1. The Balaban J connectivity index is 2.10. The number of carbonyl (C=O) groups is 1. The zero-order chi connectivity index (χ0) is 14.5. The van der Waals surface area contributed by atoms with Gasteiger partial charge >= 0.3 is 6.09 Å². The van der Waals surface area contributed by atoms with Gasteiger partial charge < -0.3 is 19.7 Å². The van der Waals surface area contributed by atoms with Crippen molar-refractivity contribution < 1.29 is 24.5 Å². The Labute approximate surface area is 114 Å². The average Bonchev–Trinajstić information content (AvgIpc) is 3.08. The maximum Gasteiger partial charge on any atom is 0.415 e. The van der Waals surface area contributed by atoms with Crippen LogP contribution in [0.2, 0.25) is 0 Å². The first kappa shape index (κ1) is 14.4. The molecular formula is C10H15N5O5. The molecular weight excluding hydrogens is 270 g/mol. The fourth-order valence-corrected chi connectivity index (χ4v) is 1.82. The van der Waals surface area contributed by atoms with Crippen LogP contribution in [0.15, 0.2) is 6.20 Å². The molecule has 1 aromatic rings. The maximum absolute atomic E-state index is 11.7. The molecule has 1 fully saturated rings. The average molecular weight is 285 g/mol. The number of aliphatic hydroxyl groups excluding tert-OH is 2. The molecule has 1 amide bonds. The van der Waals surface area contributed by atoms with E-state index in [9.17, 15) is 9.90 Å². The SMILES string of the molecule is COC(=O)N(/C=C\c1nn[nH]n1)[C@H]1C[C@H](O)[C@@H](CO)O1. The van der Waals surface area contributed by atoms with Crippen LogP contribution in [0.5, 0.6) is 0 Å². The smallest absolute Gasteiger partial charge is 0.415 e. The fourth-order valence-electron chi connectivity index (χ4n) is 1.82. The van der Waals surface area contributed by atoms with Crippen molar-refractivity contribution in [2.75, 3.05) is 13.7 Å². The lowest BCUT2D eigenvalue weighted by Gasteiger charge is -2.23. The Hall–Kier alpha value is -2.04. The van der Waals surface area contributed by atoms with Gasteiger partial charge in [-0.3, -0.25) is 4.90 Å². The van der Waals surface area contributed by atoms with Gasteiger partial charge in [0.05, 0.1) is 19.8 Å². The number of aromatic nitrogens is 4. The molecule has 0 radical (unpaired) electrons. The molecule has 1 aromatic heterocycles. The van der Waals surface area contributed by atoms with Crippen LogP contribution in [0.1, 0.15) is 12.2 Å². The normalized spacial score (nSPS) is 26.1. The monoisotopic (exact) mass is 285 g/mol. The lowest BCUT2D eigenvalue weighted by Crippen LogP contribution is -2.36. The minimum atomic E-state index is -0.851. The number of aromatic amines is 1. The van der Waals surface area contributed by atoms with Crippen LogP contribution >= 0.6 is 0 Å². The molecule has 1 aliphatic heterocycles. The standard InChI is InChI=1S/C10H15N5O5/c1-19-10(18)15(3-2-8-11-13-14-12-8)9-4-6(17)7(5-16)20-9/h2-3,6-7,9,16-17H,4-5H2,1H3,(H,11,12,13,14)/b3-2-/t6-,7+,9+/m0/s1. The Morgan fingerprint density at radius 1 is 1.70 bits per heavy atom. The molecule has 2 rings (SSSR count). The highest BCUT2D eigenvalue weighted by Crippen LogP contribution is 2.24. The van der Waals surface area contributed by atoms with Gasteiger partial charge in [0.1, 0.15) is 12.3 Å². The molecule has 1 aliphatic rings. The van der Waals surface area contributed by atoms with E-state index in [0.29, 0.717) is 0 Å². The summed E-state index contributed by atoms with van der Waals surface area (Å²) in [5, 5.41) is 31.8. The van der Waals surface area contributed by atoms with Gasteiger partial charge in [-0.2, -0.15) is 5.21 Å². The summed E-state index contributed by atoms with van der Waals surface area (Å²) in [5.74, 6) is 0.274. The zero-order valence-corrected chi connectivity index (χ0v) is 10.7. The van der Waals surface area contributed by atoms with Gasteiger partial charge in [-0.1, -0.05) is 0 Å². The van der Waals surface area contributed by atoms with E-state index in [1.807, 2.05) is 0 Å². The predicted molar refractivity (Wildman–Crippen MR) is 63.8 cm³/mol. The number of H-pyrrole nitrogens is 1. The fraction of sp³-hybridized carbons (Fsp3) is 0.600. The number of hydrogen-bond acceptors (Lipinski definition) is 8. The highest BCUT2D eigenvalue weighted by Gasteiger charge is 2.38. The number of tetrazole rings is 1. The van der Waals surface area contributed by atoms with E-state index in [1.165, 1.54) is 19.4 Å². The molecule has 1 saturated heterocycles. The summed E-state index contributed by atoms with van der Waals surface area (Å²) in [6, 6.07) is 0. The quantitative estimate of drug-likeness (QED) is 0.622. The molecule has 0 bridgehead atoms. The van der Waals surface area contributed by atoms with Crippen LogP contribution in [-0.4, -0.2) is 74.0 Å². The van der Waals surface area contributed by atoms with E-state index in [2.05, 4.69) is 25.4 Å². The summed E-state index contributed by atoms with van der Waals surface area (Å²) < 4.78 is 10.0. The Bertz CT molecular complexity index is 465. The first-order valence-electron chi connectivity index (χ1n) is 5.88. The van der Waals surface area contributed by atoms with Crippen LogP contribution in [-0.2, 0) is 9.47 Å². The van der Waals surface area contributed by atoms with Crippen LogP contribution in [0.25, 0.3) is 6.08 Å². The highest BCUT2D eigenvalue weighted by atomic mass is 16.6. The Morgan fingerprint density at radius 3 is 3.05 bits per heavy atom. The first-order valence-corrected chi connectivity index (χ1v) is 5.88. The van der Waals surface area contributed by atoms with Gasteiger partial charge in [-0.05, 0) is 5.21 Å². The number of hydrogen-bond donors (Lipinski definition) is 3. The largest absolute Gasteiger partial charge is 0.452 e. The minimum absolute atomic E-state index is 0.164. The lowest BCUT2D eigenvalue weighted by molar-refractivity contribution is -0.0591. The van der Waals surface area contributed by atoms with E-state index < -0.39 is 24.5 Å². The Kier molecular flexibility index (Phi) is 4.61. The lowest BCUT2D eigenvalue weighted by atomic mass is 10.2. The molecule has 3 N–H and O–H groups in total. The topological polar surface area (TPSA) is 134 Å². The van der Waals surface area contributed by atoms with E-state index >= 15 is 0 Å². The molecule has 0 spiro atoms. The molecule has 0 saturated carbocycles. The number of rotatable bonds is 4. The summed E-state index contributed by atoms with van der Waals surface area (Å²) in [7, 11) is 1.23. The van der Waals surface area contributed by atoms with Crippen molar-refractivity contribution in [2.45, 2.75) is 24.9 Å². The van der Waals surface area contributed by atoms with Gasteiger partial charge in [0, 0.05) is 18.7 Å². The van der Waals surface area contributed by atoms with Crippen molar-refractivity contribution in [1.29, 1.82) is 0 Å². The summed E-state index contributed by atoms with van der Waals surface area (Å²) in [6.45, 7) is -0.332. The summed E-state index contributed by atoms with van der Waals surface area (Å²) >= 11 is 0. The van der Waals surface area contributed by atoms with Gasteiger partial charge in [0.15, 0.2) is 5.82 Å². The molecule has 20 heavy (non-hydrogen) atoms. The van der Waals surface area contributed by atoms with Crippen molar-refractivity contribution in [3.8, 4) is 0 Å². The summed E-state index contributed by atoms with van der Waals surface area (Å²) in [4.78, 5) is 12.9. The van der Waals surface area contributed by atoms with E-state index in [-0.39, 0.29) is 18.9 Å². The van der Waals surface area contributed by atoms with Crippen molar-refractivity contribution in [1.82, 2.24) is 25.5 Å². The molecule has 10 heteroatoms. The van der Waals surface area contributed by atoms with Gasteiger partial charge in [-0.15, -0.1) is 10.2 Å². The number of nitrogens with one attached hydrogen (secondary N) is 1. The molecule has 110 valence electrons. The zero-order valence-electron chi connectivity index (χ0n) is 10.7. The number of carbonyl (C=O) groups excluding carboxylic acids is 1. The molecule has 0 unspecified atom stereocenters. The third-order valence-electron chi connectivity index (χ3n) is 2.83. The van der Waals surface area contributed by atoms with Crippen molar-refractivity contribution in [2.24, 2.45) is 0 Å². The second-order valence-electron chi connectivity index (χ2n) is 4.08. The molecule has 10 nitrogen and oxygen atoms in total. The summed E-state index contributed by atoms with van der Waals surface area (Å²) in [6.07, 6.45) is -0.0209. The van der Waals surface area contributed by atoms with Crippen LogP contribution in [0.4, 0.5) is 4.79 Å². The maximum atomic E-state index is 11.7. The van der Waals surface area contributed by atoms with Crippen LogP contribution in [0.3, 0.4) is 0 Å². The second-order valence-corrected chi connectivity index (χ2v) is 4.08. The third kappa shape index (κ3) is 3.10. The van der Waals surface area contributed by atoms with Crippen molar-refractivity contribution in [3.63, 3.8) is 0 Å². The van der Waals surface area contributed by atoms with E-state index in [0.717, 1.165) is 4.90 Å². The van der Waals surface area contributed by atoms with Crippen molar-refractivity contribution >= 4 is 12.2 Å². The number of nitrogens with zero attached hydrogens (tertiary/aromatic N) is 4. The Morgan fingerprint density at radius 2 is 2.50 bits per heavy atom. The first-order chi connectivity index (χ1) is 9.65. The number of methoxy groups -OCH3 is 1. The molecule has 2 heterocycles. The summed E-state index contributed by atoms with van der Waals surface area (Å²) in [5.41, 5.74) is 0. The number of ether oxygens (including phenoxy) is 2. The van der Waals surface area contributed by atoms with Crippen LogP contribution in [0, 0.1) is 0 Å². The molecule has 0 aliphatic carbocycles.